The highest BCUT2D eigenvalue weighted by Crippen LogP contribution is 2.31. The fourth-order valence-electron chi connectivity index (χ4n) is 1.66. The monoisotopic (exact) mass is 318 g/mol. The number of aliphatic hydroxyl groups excluding tert-OH is 2. The van der Waals surface area contributed by atoms with Crippen molar-refractivity contribution in [2.24, 2.45) is 0 Å². The van der Waals surface area contributed by atoms with Gasteiger partial charge in [-0.2, -0.15) is 0 Å². The number of carbonyl (C=O) groups is 1. The van der Waals surface area contributed by atoms with E-state index in [1.165, 1.54) is 6.92 Å². The molecule has 0 fully saturated rings. The molecular weight excluding hydrogens is 303 g/mol. The first-order chi connectivity index (χ1) is 9.73. The average Bonchev–Trinajstić information content (AvgIpc) is 2.40. The number of nitrogens with two attached hydrogens (primary N) is 1. The van der Waals surface area contributed by atoms with Gasteiger partial charge in [-0.15, -0.1) is 0 Å². The molecule has 1 aromatic carbocycles. The zero-order valence-corrected chi connectivity index (χ0v) is 12.0. The van der Waals surface area contributed by atoms with Crippen LogP contribution in [0.1, 0.15) is 25.0 Å². The molecule has 2 unspecified atom stereocenters. The van der Waals surface area contributed by atoms with Crippen LogP contribution in [-0.4, -0.2) is 32.1 Å². The van der Waals surface area contributed by atoms with E-state index >= 15 is 0 Å². The van der Waals surface area contributed by atoms with E-state index in [0.717, 1.165) is 17.8 Å². The number of nitrogens with zero attached hydrogens (tertiary/aromatic N) is 1. The quantitative estimate of drug-likeness (QED) is 0.411. The molecule has 0 aromatic heterocycles. The fourth-order valence-corrected chi connectivity index (χ4v) is 2.31. The van der Waals surface area contributed by atoms with Crippen LogP contribution in [0.25, 0.3) is 0 Å². The molecule has 0 saturated heterocycles. The number of halogens is 1. The van der Waals surface area contributed by atoms with Crippen LogP contribution in [0.2, 0.25) is 0 Å². The lowest BCUT2D eigenvalue weighted by Crippen LogP contribution is -2.21. The molecule has 0 bridgehead atoms. The van der Waals surface area contributed by atoms with Gasteiger partial charge in [0.2, 0.25) is 0 Å². The summed E-state index contributed by atoms with van der Waals surface area (Å²) < 4.78 is 13.5. The molecule has 0 aliphatic rings. The zero-order valence-electron chi connectivity index (χ0n) is 11.2. The molecule has 2 atom stereocenters. The van der Waals surface area contributed by atoms with Crippen LogP contribution in [0.4, 0.5) is 15.8 Å². The molecule has 0 spiro atoms. The molecule has 0 heterocycles. The number of hydrogen-bond acceptors (Lipinski definition) is 7. The predicted octanol–water partition coefficient (Wildman–Crippen LogP) is 1.38. The molecular formula is C12H15FN2O5S. The van der Waals surface area contributed by atoms with Gasteiger partial charge in [-0.1, -0.05) is 11.8 Å². The summed E-state index contributed by atoms with van der Waals surface area (Å²) in [5.74, 6) is -0.784. The van der Waals surface area contributed by atoms with Crippen molar-refractivity contribution in [1.82, 2.24) is 0 Å². The maximum absolute atomic E-state index is 13.5. The number of aliphatic hydroxyl groups is 2. The van der Waals surface area contributed by atoms with Crippen molar-refractivity contribution in [2.75, 3.05) is 11.5 Å². The zero-order chi connectivity index (χ0) is 16.2. The van der Waals surface area contributed by atoms with Crippen molar-refractivity contribution in [3.63, 3.8) is 0 Å². The Labute approximate surface area is 124 Å². The lowest BCUT2D eigenvalue weighted by molar-refractivity contribution is -0.385. The SMILES string of the molecule is CC(=O)SCCC(O)C(O)c1cc([N+](=O)[O-])cc(F)c1N. The molecule has 116 valence electrons. The molecule has 1 aromatic rings. The molecule has 1 rings (SSSR count). The van der Waals surface area contributed by atoms with Gasteiger partial charge in [0.15, 0.2) is 10.9 Å². The van der Waals surface area contributed by atoms with Gasteiger partial charge in [0.25, 0.3) is 5.69 Å². The molecule has 4 N–H and O–H groups in total. The standard InChI is InChI=1S/C12H15FN2O5S/c1-6(16)21-3-2-10(17)12(18)8-4-7(15(19)20)5-9(13)11(8)14/h4-5,10,12,17-18H,2-3,14H2,1H3. The summed E-state index contributed by atoms with van der Waals surface area (Å²) in [6.45, 7) is 1.36. The summed E-state index contributed by atoms with van der Waals surface area (Å²) in [6, 6.07) is 1.56. The predicted molar refractivity (Wildman–Crippen MR) is 76.2 cm³/mol. The van der Waals surface area contributed by atoms with E-state index in [1.54, 1.807) is 0 Å². The van der Waals surface area contributed by atoms with E-state index < -0.39 is 34.3 Å². The number of hydrogen-bond donors (Lipinski definition) is 3. The highest BCUT2D eigenvalue weighted by Gasteiger charge is 2.25. The Bertz CT molecular complexity index is 555. The molecule has 7 nitrogen and oxygen atoms in total. The van der Waals surface area contributed by atoms with Crippen molar-refractivity contribution < 1.29 is 24.3 Å². The van der Waals surface area contributed by atoms with Crippen molar-refractivity contribution in [3.8, 4) is 0 Å². The normalized spacial score (nSPS) is 13.7. The van der Waals surface area contributed by atoms with Crippen molar-refractivity contribution in [1.29, 1.82) is 0 Å². The Hall–Kier alpha value is -1.71. The van der Waals surface area contributed by atoms with Crippen molar-refractivity contribution >= 4 is 28.3 Å². The summed E-state index contributed by atoms with van der Waals surface area (Å²) in [6.07, 6.45) is -2.85. The number of anilines is 1. The molecule has 0 saturated carbocycles. The lowest BCUT2D eigenvalue weighted by atomic mass is 10.00. The number of thioether (sulfide) groups is 1. The van der Waals surface area contributed by atoms with E-state index in [-0.39, 0.29) is 22.9 Å². The number of benzene rings is 1. The van der Waals surface area contributed by atoms with Crippen molar-refractivity contribution in [2.45, 2.75) is 25.6 Å². The lowest BCUT2D eigenvalue weighted by Gasteiger charge is -2.19. The van der Waals surface area contributed by atoms with E-state index in [4.69, 9.17) is 5.73 Å². The molecule has 9 heteroatoms. The minimum Gasteiger partial charge on any atom is -0.396 e. The number of nitrogen functional groups attached to an aromatic ring is 1. The molecule has 21 heavy (non-hydrogen) atoms. The summed E-state index contributed by atoms with van der Waals surface area (Å²) >= 11 is 0.964. The first kappa shape index (κ1) is 17.3. The highest BCUT2D eigenvalue weighted by molar-refractivity contribution is 8.13. The van der Waals surface area contributed by atoms with Gasteiger partial charge < -0.3 is 15.9 Å². The second-order valence-electron chi connectivity index (χ2n) is 4.33. The first-order valence-electron chi connectivity index (χ1n) is 5.96. The first-order valence-corrected chi connectivity index (χ1v) is 6.95. The topological polar surface area (TPSA) is 127 Å². The maximum Gasteiger partial charge on any atom is 0.272 e. The van der Waals surface area contributed by atoms with E-state index in [2.05, 4.69) is 0 Å². The van der Waals surface area contributed by atoms with E-state index in [1.807, 2.05) is 0 Å². The average molecular weight is 318 g/mol. The summed E-state index contributed by atoms with van der Waals surface area (Å²) in [7, 11) is 0. The number of carbonyl (C=O) groups excluding carboxylic acids is 1. The number of non-ortho nitro benzene ring substituents is 1. The Morgan fingerprint density at radius 1 is 1.52 bits per heavy atom. The van der Waals surface area contributed by atoms with Crippen LogP contribution in [0, 0.1) is 15.9 Å². The van der Waals surface area contributed by atoms with Crippen LogP contribution >= 0.6 is 11.8 Å². The Kier molecular flexibility index (Phi) is 6.06. The Morgan fingerprint density at radius 2 is 2.14 bits per heavy atom. The van der Waals surface area contributed by atoms with Gasteiger partial charge in [0.1, 0.15) is 6.10 Å². The number of nitro groups is 1. The van der Waals surface area contributed by atoms with Gasteiger partial charge in [-0.3, -0.25) is 14.9 Å². The van der Waals surface area contributed by atoms with Crippen LogP contribution in [-0.2, 0) is 4.79 Å². The van der Waals surface area contributed by atoms with Crippen LogP contribution in [0.5, 0.6) is 0 Å². The second-order valence-corrected chi connectivity index (χ2v) is 5.60. The smallest absolute Gasteiger partial charge is 0.272 e. The van der Waals surface area contributed by atoms with Crippen LogP contribution in [0.3, 0.4) is 0 Å². The Morgan fingerprint density at radius 3 is 2.67 bits per heavy atom. The molecule has 0 aliphatic heterocycles. The van der Waals surface area contributed by atoms with Crippen molar-refractivity contribution in [3.05, 3.63) is 33.6 Å². The number of nitro benzene ring substituents is 1. The third-order valence-corrected chi connectivity index (χ3v) is 3.61. The summed E-state index contributed by atoms with van der Waals surface area (Å²) in [4.78, 5) is 20.6. The summed E-state index contributed by atoms with van der Waals surface area (Å²) in [5.41, 5.74) is 4.17. The largest absolute Gasteiger partial charge is 0.396 e. The summed E-state index contributed by atoms with van der Waals surface area (Å²) in [5, 5.41) is 30.3. The van der Waals surface area contributed by atoms with E-state index in [0.29, 0.717) is 6.07 Å². The molecule has 0 radical (unpaired) electrons. The second kappa shape index (κ2) is 7.34. The van der Waals surface area contributed by atoms with Gasteiger partial charge in [-0.25, -0.2) is 4.39 Å². The molecule has 0 amide bonds. The Balaban J connectivity index is 2.92. The van der Waals surface area contributed by atoms with Crippen LogP contribution in [0.15, 0.2) is 12.1 Å². The minimum absolute atomic E-state index is 0.0508. The molecule has 0 aliphatic carbocycles. The number of rotatable bonds is 6. The van der Waals surface area contributed by atoms with E-state index in [9.17, 15) is 29.5 Å². The highest BCUT2D eigenvalue weighted by atomic mass is 32.2. The van der Waals surface area contributed by atoms with Gasteiger partial charge in [0, 0.05) is 24.3 Å². The van der Waals surface area contributed by atoms with Gasteiger partial charge in [-0.05, 0) is 6.42 Å². The van der Waals surface area contributed by atoms with Gasteiger partial charge in [0.05, 0.1) is 22.8 Å². The minimum atomic E-state index is -1.58. The van der Waals surface area contributed by atoms with Gasteiger partial charge >= 0.3 is 0 Å². The third-order valence-electron chi connectivity index (χ3n) is 2.76. The van der Waals surface area contributed by atoms with Crippen LogP contribution < -0.4 is 5.73 Å². The maximum atomic E-state index is 13.5. The third kappa shape index (κ3) is 4.66. The fraction of sp³-hybridized carbons (Fsp3) is 0.417.